The van der Waals surface area contributed by atoms with Crippen molar-refractivity contribution in [1.29, 1.82) is 0 Å². The minimum absolute atomic E-state index is 0.0959. The average Bonchev–Trinajstić information content (AvgIpc) is 2.47. The lowest BCUT2D eigenvalue weighted by Crippen LogP contribution is -2.31. The summed E-state index contributed by atoms with van der Waals surface area (Å²) in [5, 5.41) is 19.5. The molecule has 0 saturated heterocycles. The minimum Gasteiger partial charge on any atom is -0.508 e. The largest absolute Gasteiger partial charge is 0.508 e. The van der Waals surface area contributed by atoms with Crippen molar-refractivity contribution in [2.24, 2.45) is 0 Å². The number of benzene rings is 2. The van der Waals surface area contributed by atoms with Crippen molar-refractivity contribution in [3.8, 4) is 5.75 Å². The second-order valence-electron chi connectivity index (χ2n) is 4.66. The zero-order valence-corrected chi connectivity index (χ0v) is 11.2. The highest BCUT2D eigenvalue weighted by Crippen LogP contribution is 2.19. The Balaban J connectivity index is 2.04. The van der Waals surface area contributed by atoms with Crippen molar-refractivity contribution in [2.75, 3.05) is 13.6 Å². The number of rotatable bonds is 4. The van der Waals surface area contributed by atoms with Gasteiger partial charge in [-0.15, -0.1) is 0 Å². The summed E-state index contributed by atoms with van der Waals surface area (Å²) in [5.74, 6) is -0.0524. The Bertz CT molecular complexity index is 583. The summed E-state index contributed by atoms with van der Waals surface area (Å²) in [6.07, 6.45) is -0.834. The molecule has 0 fully saturated rings. The van der Waals surface area contributed by atoms with E-state index in [4.69, 9.17) is 0 Å². The fraction of sp³-hybridized carbons (Fsp3) is 0.188. The fourth-order valence-electron chi connectivity index (χ4n) is 1.98. The van der Waals surface area contributed by atoms with E-state index in [1.54, 1.807) is 43.4 Å². The van der Waals surface area contributed by atoms with Crippen molar-refractivity contribution >= 4 is 5.91 Å². The molecule has 0 aliphatic rings. The highest BCUT2D eigenvalue weighted by atomic mass is 16.3. The Kier molecular flexibility index (Phi) is 4.38. The van der Waals surface area contributed by atoms with Gasteiger partial charge in [-0.25, -0.2) is 0 Å². The van der Waals surface area contributed by atoms with Crippen molar-refractivity contribution in [2.45, 2.75) is 6.10 Å². The van der Waals surface area contributed by atoms with E-state index in [1.165, 1.54) is 17.0 Å². The quantitative estimate of drug-likeness (QED) is 0.896. The first-order chi connectivity index (χ1) is 9.58. The third-order valence-electron chi connectivity index (χ3n) is 3.07. The van der Waals surface area contributed by atoms with Gasteiger partial charge >= 0.3 is 0 Å². The predicted molar refractivity (Wildman–Crippen MR) is 76.5 cm³/mol. The number of hydrogen-bond donors (Lipinski definition) is 2. The van der Waals surface area contributed by atoms with Gasteiger partial charge in [-0.3, -0.25) is 4.79 Å². The van der Waals surface area contributed by atoms with Gasteiger partial charge in [-0.05, 0) is 29.8 Å². The van der Waals surface area contributed by atoms with Crippen LogP contribution in [-0.4, -0.2) is 34.6 Å². The molecule has 1 amide bonds. The van der Waals surface area contributed by atoms with Crippen LogP contribution in [0.2, 0.25) is 0 Å². The average molecular weight is 271 g/mol. The molecule has 0 spiro atoms. The SMILES string of the molecule is CN(CC(O)c1cccc(O)c1)C(=O)c1ccccc1. The lowest BCUT2D eigenvalue weighted by molar-refractivity contribution is 0.0681. The number of carbonyl (C=O) groups is 1. The van der Waals surface area contributed by atoms with Crippen LogP contribution < -0.4 is 0 Å². The molecule has 0 aromatic heterocycles. The van der Waals surface area contributed by atoms with Gasteiger partial charge in [0.05, 0.1) is 12.6 Å². The molecule has 0 aliphatic carbocycles. The van der Waals surface area contributed by atoms with Crippen LogP contribution in [0.25, 0.3) is 0 Å². The molecule has 2 aromatic rings. The van der Waals surface area contributed by atoms with E-state index in [2.05, 4.69) is 0 Å². The molecule has 0 saturated carbocycles. The molecule has 2 N–H and O–H groups in total. The molecule has 1 atom stereocenters. The number of likely N-dealkylation sites (N-methyl/N-ethyl adjacent to an activating group) is 1. The third kappa shape index (κ3) is 3.36. The summed E-state index contributed by atoms with van der Waals surface area (Å²) >= 11 is 0. The Morgan fingerprint density at radius 1 is 1.15 bits per heavy atom. The maximum atomic E-state index is 12.1. The van der Waals surface area contributed by atoms with E-state index in [9.17, 15) is 15.0 Å². The summed E-state index contributed by atoms with van der Waals surface area (Å²) in [6, 6.07) is 15.3. The van der Waals surface area contributed by atoms with E-state index in [0.29, 0.717) is 11.1 Å². The van der Waals surface area contributed by atoms with E-state index in [0.717, 1.165) is 0 Å². The van der Waals surface area contributed by atoms with E-state index < -0.39 is 6.10 Å². The van der Waals surface area contributed by atoms with Gasteiger partial charge in [0.2, 0.25) is 0 Å². The Labute approximate surface area is 117 Å². The van der Waals surface area contributed by atoms with Gasteiger partial charge in [0.1, 0.15) is 5.75 Å². The second kappa shape index (κ2) is 6.21. The smallest absolute Gasteiger partial charge is 0.253 e. The number of nitrogens with zero attached hydrogens (tertiary/aromatic N) is 1. The molecule has 4 heteroatoms. The van der Waals surface area contributed by atoms with Crippen molar-refractivity contribution in [1.82, 2.24) is 4.90 Å². The lowest BCUT2D eigenvalue weighted by Gasteiger charge is -2.21. The standard InChI is InChI=1S/C16H17NO3/c1-17(16(20)12-6-3-2-4-7-12)11-15(19)13-8-5-9-14(18)10-13/h2-10,15,18-19H,11H2,1H3. The van der Waals surface area contributed by atoms with Gasteiger partial charge in [0.25, 0.3) is 5.91 Å². The van der Waals surface area contributed by atoms with Crippen LogP contribution in [0.1, 0.15) is 22.0 Å². The molecular weight excluding hydrogens is 254 g/mol. The number of phenols is 1. The monoisotopic (exact) mass is 271 g/mol. The molecule has 0 aliphatic heterocycles. The number of aliphatic hydroxyl groups excluding tert-OH is 1. The highest BCUT2D eigenvalue weighted by Gasteiger charge is 2.16. The first-order valence-electron chi connectivity index (χ1n) is 6.35. The molecule has 2 aromatic carbocycles. The minimum atomic E-state index is -0.834. The van der Waals surface area contributed by atoms with Crippen LogP contribution in [0, 0.1) is 0 Å². The van der Waals surface area contributed by atoms with Gasteiger partial charge in [-0.1, -0.05) is 30.3 Å². The number of amides is 1. The molecule has 1 unspecified atom stereocenters. The zero-order chi connectivity index (χ0) is 14.5. The highest BCUT2D eigenvalue weighted by molar-refractivity contribution is 5.94. The second-order valence-corrected chi connectivity index (χ2v) is 4.66. The zero-order valence-electron chi connectivity index (χ0n) is 11.2. The maximum Gasteiger partial charge on any atom is 0.253 e. The van der Waals surface area contributed by atoms with Crippen LogP contribution >= 0.6 is 0 Å². The number of carbonyl (C=O) groups excluding carboxylic acids is 1. The van der Waals surface area contributed by atoms with Crippen LogP contribution in [0.15, 0.2) is 54.6 Å². The van der Waals surface area contributed by atoms with Gasteiger partial charge in [-0.2, -0.15) is 0 Å². The molecular formula is C16H17NO3. The van der Waals surface area contributed by atoms with Crippen LogP contribution in [0.5, 0.6) is 5.75 Å². The van der Waals surface area contributed by atoms with Gasteiger partial charge in [0.15, 0.2) is 0 Å². The number of aromatic hydroxyl groups is 1. The normalized spacial score (nSPS) is 11.9. The molecule has 0 heterocycles. The molecule has 0 bridgehead atoms. The summed E-state index contributed by atoms with van der Waals surface area (Å²) in [7, 11) is 1.64. The Hall–Kier alpha value is -2.33. The summed E-state index contributed by atoms with van der Waals surface area (Å²) in [4.78, 5) is 13.6. The first-order valence-corrected chi connectivity index (χ1v) is 6.35. The number of aliphatic hydroxyl groups is 1. The Morgan fingerprint density at radius 2 is 1.85 bits per heavy atom. The molecule has 2 rings (SSSR count). The molecule has 4 nitrogen and oxygen atoms in total. The van der Waals surface area contributed by atoms with Gasteiger partial charge < -0.3 is 15.1 Å². The van der Waals surface area contributed by atoms with Crippen molar-refractivity contribution in [3.63, 3.8) is 0 Å². The first kappa shape index (κ1) is 14.1. The topological polar surface area (TPSA) is 60.8 Å². The van der Waals surface area contributed by atoms with Crippen molar-refractivity contribution in [3.05, 3.63) is 65.7 Å². The summed E-state index contributed by atoms with van der Waals surface area (Å²) < 4.78 is 0. The fourth-order valence-corrected chi connectivity index (χ4v) is 1.98. The summed E-state index contributed by atoms with van der Waals surface area (Å²) in [6.45, 7) is 0.164. The third-order valence-corrected chi connectivity index (χ3v) is 3.07. The summed E-state index contributed by atoms with van der Waals surface area (Å²) in [5.41, 5.74) is 1.16. The Morgan fingerprint density at radius 3 is 2.50 bits per heavy atom. The van der Waals surface area contributed by atoms with E-state index in [1.807, 2.05) is 6.07 Å². The van der Waals surface area contributed by atoms with Crippen LogP contribution in [-0.2, 0) is 0 Å². The van der Waals surface area contributed by atoms with Crippen molar-refractivity contribution < 1.29 is 15.0 Å². The molecule has 104 valence electrons. The molecule has 0 radical (unpaired) electrons. The lowest BCUT2D eigenvalue weighted by atomic mass is 10.1. The van der Waals surface area contributed by atoms with E-state index in [-0.39, 0.29) is 18.2 Å². The number of phenolic OH excluding ortho intramolecular Hbond substituents is 1. The maximum absolute atomic E-state index is 12.1. The predicted octanol–water partition coefficient (Wildman–Crippen LogP) is 2.20. The van der Waals surface area contributed by atoms with Gasteiger partial charge in [0, 0.05) is 12.6 Å². The van der Waals surface area contributed by atoms with Crippen LogP contribution in [0.3, 0.4) is 0 Å². The van der Waals surface area contributed by atoms with Crippen LogP contribution in [0.4, 0.5) is 0 Å². The van der Waals surface area contributed by atoms with E-state index >= 15 is 0 Å². The molecule has 20 heavy (non-hydrogen) atoms. The number of hydrogen-bond acceptors (Lipinski definition) is 3.